The lowest BCUT2D eigenvalue weighted by Gasteiger charge is -2.03. The number of oxazole rings is 1. The summed E-state index contributed by atoms with van der Waals surface area (Å²) in [4.78, 5) is 4.31. The predicted octanol–water partition coefficient (Wildman–Crippen LogP) is 3.28. The van der Waals surface area contributed by atoms with Gasteiger partial charge in [0, 0.05) is 18.5 Å². The standard InChI is InChI=1S/C16H22N2O2/c1-3-10-17-11-9-16-18-12-15(20-16)13-5-7-14(8-6-13)19-4-2/h5-8,12,17H,3-4,9-11H2,1-2H3. The summed E-state index contributed by atoms with van der Waals surface area (Å²) in [6.07, 6.45) is 3.74. The third-order valence-electron chi connectivity index (χ3n) is 2.95. The van der Waals surface area contributed by atoms with Gasteiger partial charge in [-0.2, -0.15) is 0 Å². The minimum Gasteiger partial charge on any atom is -0.494 e. The van der Waals surface area contributed by atoms with Gasteiger partial charge in [0.15, 0.2) is 11.7 Å². The van der Waals surface area contributed by atoms with Crippen LogP contribution in [0.25, 0.3) is 11.3 Å². The van der Waals surface area contributed by atoms with E-state index in [1.807, 2.05) is 31.2 Å². The van der Waals surface area contributed by atoms with Gasteiger partial charge in [0.2, 0.25) is 0 Å². The van der Waals surface area contributed by atoms with E-state index in [2.05, 4.69) is 17.2 Å². The van der Waals surface area contributed by atoms with Gasteiger partial charge in [-0.3, -0.25) is 0 Å². The molecule has 108 valence electrons. The van der Waals surface area contributed by atoms with Gasteiger partial charge < -0.3 is 14.5 Å². The predicted molar refractivity (Wildman–Crippen MR) is 80.0 cm³/mol. The van der Waals surface area contributed by atoms with Crippen LogP contribution in [0.1, 0.15) is 26.2 Å². The van der Waals surface area contributed by atoms with E-state index in [0.717, 1.165) is 48.9 Å². The van der Waals surface area contributed by atoms with Crippen LogP contribution in [0.5, 0.6) is 5.75 Å². The molecule has 4 nitrogen and oxygen atoms in total. The van der Waals surface area contributed by atoms with Crippen molar-refractivity contribution in [3.63, 3.8) is 0 Å². The van der Waals surface area contributed by atoms with E-state index in [0.29, 0.717) is 6.61 Å². The maximum atomic E-state index is 5.76. The number of rotatable bonds is 8. The molecule has 0 atom stereocenters. The molecule has 0 bridgehead atoms. The van der Waals surface area contributed by atoms with Gasteiger partial charge >= 0.3 is 0 Å². The van der Waals surface area contributed by atoms with E-state index in [9.17, 15) is 0 Å². The van der Waals surface area contributed by atoms with Gasteiger partial charge in [-0.05, 0) is 44.2 Å². The van der Waals surface area contributed by atoms with E-state index in [1.165, 1.54) is 0 Å². The molecule has 4 heteroatoms. The molecule has 0 radical (unpaired) electrons. The van der Waals surface area contributed by atoms with Crippen molar-refractivity contribution < 1.29 is 9.15 Å². The molecule has 0 saturated heterocycles. The average Bonchev–Trinajstić information content (AvgIpc) is 2.94. The van der Waals surface area contributed by atoms with Gasteiger partial charge in [-0.25, -0.2) is 4.98 Å². The Morgan fingerprint density at radius 2 is 1.95 bits per heavy atom. The van der Waals surface area contributed by atoms with E-state index in [1.54, 1.807) is 6.20 Å². The Labute approximate surface area is 120 Å². The first-order valence-electron chi connectivity index (χ1n) is 7.22. The zero-order valence-electron chi connectivity index (χ0n) is 12.2. The molecule has 0 aliphatic carbocycles. The molecule has 0 saturated carbocycles. The highest BCUT2D eigenvalue weighted by Crippen LogP contribution is 2.23. The maximum Gasteiger partial charge on any atom is 0.196 e. The fourth-order valence-corrected chi connectivity index (χ4v) is 1.94. The van der Waals surface area contributed by atoms with Crippen LogP contribution in [0.15, 0.2) is 34.9 Å². The second-order valence-electron chi connectivity index (χ2n) is 4.58. The smallest absolute Gasteiger partial charge is 0.196 e. The molecule has 1 heterocycles. The van der Waals surface area contributed by atoms with Gasteiger partial charge in [0.1, 0.15) is 5.75 Å². The molecule has 0 unspecified atom stereocenters. The van der Waals surface area contributed by atoms with Crippen molar-refractivity contribution in [2.45, 2.75) is 26.7 Å². The van der Waals surface area contributed by atoms with Crippen molar-refractivity contribution in [3.8, 4) is 17.1 Å². The number of hydrogen-bond donors (Lipinski definition) is 1. The fourth-order valence-electron chi connectivity index (χ4n) is 1.94. The SMILES string of the molecule is CCCNCCc1ncc(-c2ccc(OCC)cc2)o1. The molecule has 0 fully saturated rings. The number of benzene rings is 1. The molecule has 2 rings (SSSR count). The lowest BCUT2D eigenvalue weighted by molar-refractivity contribution is 0.340. The largest absolute Gasteiger partial charge is 0.494 e. The highest BCUT2D eigenvalue weighted by molar-refractivity contribution is 5.57. The number of ether oxygens (including phenoxy) is 1. The Morgan fingerprint density at radius 3 is 2.65 bits per heavy atom. The fraction of sp³-hybridized carbons (Fsp3) is 0.438. The molecular formula is C16H22N2O2. The molecule has 2 aromatic rings. The van der Waals surface area contributed by atoms with Crippen LogP contribution in [0, 0.1) is 0 Å². The van der Waals surface area contributed by atoms with E-state index in [4.69, 9.17) is 9.15 Å². The van der Waals surface area contributed by atoms with Gasteiger partial charge in [-0.15, -0.1) is 0 Å². The van der Waals surface area contributed by atoms with E-state index >= 15 is 0 Å². The van der Waals surface area contributed by atoms with E-state index in [-0.39, 0.29) is 0 Å². The highest BCUT2D eigenvalue weighted by atomic mass is 16.5. The summed E-state index contributed by atoms with van der Waals surface area (Å²) < 4.78 is 11.2. The summed E-state index contributed by atoms with van der Waals surface area (Å²) >= 11 is 0. The van der Waals surface area contributed by atoms with Crippen LogP contribution >= 0.6 is 0 Å². The summed E-state index contributed by atoms with van der Waals surface area (Å²) in [5, 5.41) is 3.34. The van der Waals surface area contributed by atoms with Crippen LogP contribution < -0.4 is 10.1 Å². The summed E-state index contributed by atoms with van der Waals surface area (Å²) in [5.41, 5.74) is 1.02. The van der Waals surface area contributed by atoms with Gasteiger partial charge in [-0.1, -0.05) is 6.92 Å². The third-order valence-corrected chi connectivity index (χ3v) is 2.95. The van der Waals surface area contributed by atoms with Gasteiger partial charge in [0.05, 0.1) is 12.8 Å². The van der Waals surface area contributed by atoms with Crippen LogP contribution in [0.3, 0.4) is 0 Å². The molecule has 0 aliphatic rings. The lowest BCUT2D eigenvalue weighted by Crippen LogP contribution is -2.17. The number of hydrogen-bond acceptors (Lipinski definition) is 4. The number of nitrogens with zero attached hydrogens (tertiary/aromatic N) is 1. The molecule has 0 spiro atoms. The van der Waals surface area contributed by atoms with Crippen molar-refractivity contribution >= 4 is 0 Å². The molecule has 0 amide bonds. The topological polar surface area (TPSA) is 47.3 Å². The summed E-state index contributed by atoms with van der Waals surface area (Å²) in [7, 11) is 0. The first-order chi connectivity index (χ1) is 9.83. The number of nitrogens with one attached hydrogen (secondary N) is 1. The van der Waals surface area contributed by atoms with Crippen molar-refractivity contribution in [2.75, 3.05) is 19.7 Å². The molecule has 20 heavy (non-hydrogen) atoms. The van der Waals surface area contributed by atoms with E-state index < -0.39 is 0 Å². The molecule has 1 aromatic heterocycles. The number of aromatic nitrogens is 1. The van der Waals surface area contributed by atoms with Crippen LogP contribution in [0.2, 0.25) is 0 Å². The second kappa shape index (κ2) is 7.70. The quantitative estimate of drug-likeness (QED) is 0.750. The lowest BCUT2D eigenvalue weighted by atomic mass is 10.2. The first-order valence-corrected chi connectivity index (χ1v) is 7.22. The summed E-state index contributed by atoms with van der Waals surface area (Å²) in [6.45, 7) is 6.74. The summed E-state index contributed by atoms with van der Waals surface area (Å²) in [5.74, 6) is 2.45. The zero-order chi connectivity index (χ0) is 14.2. The first kappa shape index (κ1) is 14.6. The maximum absolute atomic E-state index is 5.76. The Morgan fingerprint density at radius 1 is 1.15 bits per heavy atom. The van der Waals surface area contributed by atoms with Crippen molar-refractivity contribution in [2.24, 2.45) is 0 Å². The molecule has 1 aromatic carbocycles. The molecule has 1 N–H and O–H groups in total. The average molecular weight is 274 g/mol. The normalized spacial score (nSPS) is 10.7. The Kier molecular flexibility index (Phi) is 5.62. The Bertz CT molecular complexity index is 505. The highest BCUT2D eigenvalue weighted by Gasteiger charge is 2.06. The minimum atomic E-state index is 0.677. The van der Waals surface area contributed by atoms with Crippen LogP contribution in [-0.2, 0) is 6.42 Å². The van der Waals surface area contributed by atoms with Gasteiger partial charge in [0.25, 0.3) is 0 Å². The zero-order valence-corrected chi connectivity index (χ0v) is 12.2. The minimum absolute atomic E-state index is 0.677. The Balaban J connectivity index is 1.93. The summed E-state index contributed by atoms with van der Waals surface area (Å²) in [6, 6.07) is 7.88. The van der Waals surface area contributed by atoms with Crippen molar-refractivity contribution in [1.29, 1.82) is 0 Å². The molecular weight excluding hydrogens is 252 g/mol. The Hall–Kier alpha value is -1.81. The van der Waals surface area contributed by atoms with Crippen LogP contribution in [-0.4, -0.2) is 24.7 Å². The van der Waals surface area contributed by atoms with Crippen molar-refractivity contribution in [1.82, 2.24) is 10.3 Å². The van der Waals surface area contributed by atoms with Crippen LogP contribution in [0.4, 0.5) is 0 Å². The monoisotopic (exact) mass is 274 g/mol. The van der Waals surface area contributed by atoms with Crippen molar-refractivity contribution in [3.05, 3.63) is 36.4 Å². The second-order valence-corrected chi connectivity index (χ2v) is 4.58. The third kappa shape index (κ3) is 4.10. The molecule has 0 aliphatic heterocycles.